The normalized spacial score (nSPS) is 14.7. The van der Waals surface area contributed by atoms with Gasteiger partial charge in [-0.15, -0.1) is 0 Å². The Balaban J connectivity index is 1.63. The monoisotopic (exact) mass is 505 g/mol. The van der Waals surface area contributed by atoms with Gasteiger partial charge in [0, 0.05) is 32.2 Å². The van der Waals surface area contributed by atoms with E-state index in [2.05, 4.69) is 0 Å². The molecule has 35 heavy (non-hydrogen) atoms. The summed E-state index contributed by atoms with van der Waals surface area (Å²) in [5.41, 5.74) is 6.55. The number of nitrogens with zero attached hydrogens (tertiary/aromatic N) is 2. The Hall–Kier alpha value is -3.50. The lowest BCUT2D eigenvalue weighted by Crippen LogP contribution is -2.52. The summed E-state index contributed by atoms with van der Waals surface area (Å²) >= 11 is 6.16. The number of hydrogen-bond donors (Lipinski definition) is 1. The van der Waals surface area contributed by atoms with Gasteiger partial charge in [-0.2, -0.15) is 0 Å². The highest BCUT2D eigenvalue weighted by Crippen LogP contribution is 2.30. The minimum absolute atomic E-state index is 0.169. The summed E-state index contributed by atoms with van der Waals surface area (Å²) in [5, 5.41) is 0.347. The first-order valence-corrected chi connectivity index (χ1v) is 11.2. The van der Waals surface area contributed by atoms with E-state index in [0.717, 1.165) is 0 Å². The van der Waals surface area contributed by atoms with Gasteiger partial charge < -0.3 is 29.6 Å². The molecule has 1 aliphatic rings. The van der Waals surface area contributed by atoms with Gasteiger partial charge in [-0.3, -0.25) is 14.5 Å². The summed E-state index contributed by atoms with van der Waals surface area (Å²) < 4.78 is 20.7. The number of halogens is 1. The lowest BCUT2D eigenvalue weighted by atomic mass is 10.0. The molecule has 188 valence electrons. The number of benzene rings is 2. The molecule has 1 fully saturated rings. The van der Waals surface area contributed by atoms with Crippen molar-refractivity contribution in [1.29, 1.82) is 0 Å². The van der Waals surface area contributed by atoms with Crippen molar-refractivity contribution < 1.29 is 33.3 Å². The van der Waals surface area contributed by atoms with Crippen LogP contribution in [0.1, 0.15) is 22.0 Å². The molecule has 11 heteroatoms. The van der Waals surface area contributed by atoms with Gasteiger partial charge in [0.05, 0.1) is 26.4 Å². The van der Waals surface area contributed by atoms with E-state index < -0.39 is 17.9 Å². The molecular weight excluding hydrogens is 478 g/mol. The number of methoxy groups -OCH3 is 3. The number of ether oxygens (including phenoxy) is 4. The lowest BCUT2D eigenvalue weighted by Gasteiger charge is -2.38. The van der Waals surface area contributed by atoms with Crippen molar-refractivity contribution in [3.63, 3.8) is 0 Å². The van der Waals surface area contributed by atoms with Crippen LogP contribution in [0, 0.1) is 0 Å². The molecule has 2 N–H and O–H groups in total. The van der Waals surface area contributed by atoms with E-state index in [4.69, 9.17) is 36.3 Å². The maximum atomic E-state index is 12.7. The highest BCUT2D eigenvalue weighted by atomic mass is 35.5. The summed E-state index contributed by atoms with van der Waals surface area (Å²) in [6, 6.07) is 8.99. The Morgan fingerprint density at radius 2 is 1.69 bits per heavy atom. The number of carbonyl (C=O) groups excluding carboxylic acids is 3. The first-order chi connectivity index (χ1) is 16.8. The second-order valence-corrected chi connectivity index (χ2v) is 8.17. The summed E-state index contributed by atoms with van der Waals surface area (Å²) in [6.45, 7) is 1.45. The highest BCUT2D eigenvalue weighted by Gasteiger charge is 2.31. The average molecular weight is 506 g/mol. The number of primary amides is 1. The van der Waals surface area contributed by atoms with E-state index in [1.807, 2.05) is 4.90 Å². The van der Waals surface area contributed by atoms with Crippen LogP contribution >= 0.6 is 11.6 Å². The molecule has 0 aliphatic carbocycles. The van der Waals surface area contributed by atoms with Crippen LogP contribution in [0.15, 0.2) is 36.4 Å². The maximum absolute atomic E-state index is 12.7. The third-order valence-corrected chi connectivity index (χ3v) is 6.03. The Bertz CT molecular complexity index is 1090. The fraction of sp³-hybridized carbons (Fsp3) is 0.375. The number of amides is 2. The Morgan fingerprint density at radius 1 is 0.971 bits per heavy atom. The van der Waals surface area contributed by atoms with Crippen LogP contribution < -0.4 is 19.9 Å². The topological polar surface area (TPSA) is 121 Å². The molecule has 1 unspecified atom stereocenters. The molecule has 0 bridgehead atoms. The summed E-state index contributed by atoms with van der Waals surface area (Å²) in [7, 11) is 4.24. The van der Waals surface area contributed by atoms with Crippen LogP contribution in [0.4, 0.5) is 0 Å². The maximum Gasteiger partial charge on any atom is 0.341 e. The number of esters is 1. The standard InChI is InChI=1S/C24H28ClN3O7/c1-32-16-5-7-19(18(25)13-16)35-14-21(29)27-8-10-28(11-9-27)22(23(26)30)15-4-6-17(24(31)34-3)20(12-15)33-2/h4-7,12-13,22H,8-11,14H2,1-3H3,(H2,26,30). The van der Waals surface area contributed by atoms with Gasteiger partial charge in [0.2, 0.25) is 5.91 Å². The lowest BCUT2D eigenvalue weighted by molar-refractivity contribution is -0.136. The highest BCUT2D eigenvalue weighted by molar-refractivity contribution is 6.32. The van der Waals surface area contributed by atoms with E-state index >= 15 is 0 Å². The molecule has 0 spiro atoms. The Morgan fingerprint density at radius 3 is 2.26 bits per heavy atom. The predicted octanol–water partition coefficient (Wildman–Crippen LogP) is 1.89. The van der Waals surface area contributed by atoms with Gasteiger partial charge in [-0.25, -0.2) is 4.79 Å². The molecule has 1 saturated heterocycles. The van der Waals surface area contributed by atoms with Gasteiger partial charge in [0.25, 0.3) is 5.91 Å². The van der Waals surface area contributed by atoms with Crippen molar-refractivity contribution in [2.24, 2.45) is 5.73 Å². The number of hydrogen-bond acceptors (Lipinski definition) is 8. The van der Waals surface area contributed by atoms with Gasteiger partial charge in [0.15, 0.2) is 6.61 Å². The van der Waals surface area contributed by atoms with E-state index in [1.165, 1.54) is 27.4 Å². The summed E-state index contributed by atoms with van der Waals surface area (Å²) in [5.74, 6) is -0.0339. The van der Waals surface area contributed by atoms with E-state index in [1.54, 1.807) is 35.2 Å². The van der Waals surface area contributed by atoms with Crippen LogP contribution in [0.5, 0.6) is 17.2 Å². The van der Waals surface area contributed by atoms with Crippen LogP contribution in [-0.2, 0) is 14.3 Å². The Labute approximate surface area is 208 Å². The van der Waals surface area contributed by atoms with Crippen LogP contribution in [-0.4, -0.2) is 81.7 Å². The smallest absolute Gasteiger partial charge is 0.341 e. The van der Waals surface area contributed by atoms with Gasteiger partial charge in [0.1, 0.15) is 28.9 Å². The van der Waals surface area contributed by atoms with Crippen molar-refractivity contribution in [1.82, 2.24) is 9.80 Å². The van der Waals surface area contributed by atoms with Crippen LogP contribution in [0.3, 0.4) is 0 Å². The molecule has 1 heterocycles. The summed E-state index contributed by atoms with van der Waals surface area (Å²) in [4.78, 5) is 40.5. The number of nitrogens with two attached hydrogens (primary N) is 1. The molecular formula is C24H28ClN3O7. The summed E-state index contributed by atoms with van der Waals surface area (Å²) in [6.07, 6.45) is 0. The van der Waals surface area contributed by atoms with Crippen molar-refractivity contribution in [3.8, 4) is 17.2 Å². The largest absolute Gasteiger partial charge is 0.497 e. The molecule has 1 atom stereocenters. The minimum Gasteiger partial charge on any atom is -0.497 e. The SMILES string of the molecule is COC(=O)c1ccc(C(C(N)=O)N2CCN(C(=O)COc3ccc(OC)cc3Cl)CC2)cc1OC. The fourth-order valence-corrected chi connectivity index (χ4v) is 4.12. The van der Waals surface area contributed by atoms with Crippen LogP contribution in [0.25, 0.3) is 0 Å². The third-order valence-electron chi connectivity index (χ3n) is 5.74. The van der Waals surface area contributed by atoms with E-state index in [9.17, 15) is 14.4 Å². The average Bonchev–Trinajstić information content (AvgIpc) is 2.87. The van der Waals surface area contributed by atoms with Crippen molar-refractivity contribution in [2.75, 3.05) is 54.1 Å². The van der Waals surface area contributed by atoms with E-state index in [0.29, 0.717) is 48.3 Å². The second kappa shape index (κ2) is 11.8. The van der Waals surface area contributed by atoms with Gasteiger partial charge in [-0.1, -0.05) is 17.7 Å². The first kappa shape index (κ1) is 26.1. The minimum atomic E-state index is -0.748. The molecule has 0 radical (unpaired) electrons. The molecule has 2 aromatic carbocycles. The van der Waals surface area contributed by atoms with Gasteiger partial charge >= 0.3 is 5.97 Å². The number of rotatable bonds is 9. The molecule has 0 saturated carbocycles. The molecule has 2 aromatic rings. The quantitative estimate of drug-likeness (QED) is 0.513. The number of carbonyl (C=O) groups is 3. The molecule has 2 amide bonds. The van der Waals surface area contributed by atoms with Crippen molar-refractivity contribution >= 4 is 29.4 Å². The fourth-order valence-electron chi connectivity index (χ4n) is 3.90. The Kier molecular flexibility index (Phi) is 8.78. The van der Waals surface area contributed by atoms with E-state index in [-0.39, 0.29) is 23.8 Å². The number of piperazine rings is 1. The zero-order valence-electron chi connectivity index (χ0n) is 19.8. The van der Waals surface area contributed by atoms with Gasteiger partial charge in [-0.05, 0) is 29.8 Å². The second-order valence-electron chi connectivity index (χ2n) is 7.76. The van der Waals surface area contributed by atoms with Crippen molar-refractivity contribution in [3.05, 3.63) is 52.5 Å². The zero-order chi connectivity index (χ0) is 25.5. The van der Waals surface area contributed by atoms with Crippen LogP contribution in [0.2, 0.25) is 5.02 Å². The predicted molar refractivity (Wildman–Crippen MR) is 128 cm³/mol. The molecule has 3 rings (SSSR count). The zero-order valence-corrected chi connectivity index (χ0v) is 20.5. The third kappa shape index (κ3) is 6.14. The van der Waals surface area contributed by atoms with Crippen molar-refractivity contribution in [2.45, 2.75) is 6.04 Å². The molecule has 1 aliphatic heterocycles. The molecule has 10 nitrogen and oxygen atoms in total. The molecule has 0 aromatic heterocycles. The first-order valence-electron chi connectivity index (χ1n) is 10.8.